The van der Waals surface area contributed by atoms with Gasteiger partial charge in [0.05, 0.1) is 0 Å². The van der Waals surface area contributed by atoms with E-state index in [1.165, 1.54) is 32.0 Å². The van der Waals surface area contributed by atoms with Crippen molar-refractivity contribution in [3.8, 4) is 5.75 Å². The van der Waals surface area contributed by atoms with Gasteiger partial charge in [-0.2, -0.15) is 0 Å². The zero-order valence-corrected chi connectivity index (χ0v) is 11.7. The van der Waals surface area contributed by atoms with Gasteiger partial charge in [0.15, 0.2) is 0 Å². The minimum absolute atomic E-state index is 0.0288. The molecule has 0 saturated carbocycles. The van der Waals surface area contributed by atoms with Gasteiger partial charge in [0, 0.05) is 30.3 Å². The lowest BCUT2D eigenvalue weighted by molar-refractivity contribution is 0.246. The van der Waals surface area contributed by atoms with E-state index in [-0.39, 0.29) is 17.6 Å². The summed E-state index contributed by atoms with van der Waals surface area (Å²) >= 11 is 0. The van der Waals surface area contributed by atoms with Crippen molar-refractivity contribution in [1.29, 1.82) is 0 Å². The molecule has 0 spiro atoms. The number of hydrogen-bond acceptors (Lipinski definition) is 3. The molecule has 1 aromatic rings. The van der Waals surface area contributed by atoms with Crippen LogP contribution in [0.5, 0.6) is 5.75 Å². The Morgan fingerprint density at radius 1 is 1.32 bits per heavy atom. The zero-order chi connectivity index (χ0) is 13.8. The molecule has 1 aliphatic rings. The van der Waals surface area contributed by atoms with Crippen molar-refractivity contribution in [3.05, 3.63) is 29.6 Å². The number of rotatable bonds is 5. The van der Waals surface area contributed by atoms with Crippen LogP contribution in [0, 0.1) is 5.82 Å². The number of halogens is 1. The second-order valence-electron chi connectivity index (χ2n) is 5.43. The molecule has 3 nitrogen and oxygen atoms in total. The maximum atomic E-state index is 13.7. The molecule has 19 heavy (non-hydrogen) atoms. The lowest BCUT2D eigenvalue weighted by Gasteiger charge is -2.26. The van der Waals surface area contributed by atoms with Crippen molar-refractivity contribution >= 4 is 0 Å². The van der Waals surface area contributed by atoms with Crippen molar-refractivity contribution in [1.82, 2.24) is 10.2 Å². The highest BCUT2D eigenvalue weighted by molar-refractivity contribution is 5.29. The van der Waals surface area contributed by atoms with Gasteiger partial charge < -0.3 is 10.4 Å². The molecular weight excluding hydrogens is 243 g/mol. The monoisotopic (exact) mass is 266 g/mol. The van der Waals surface area contributed by atoms with Crippen molar-refractivity contribution in [2.75, 3.05) is 19.6 Å². The van der Waals surface area contributed by atoms with Crippen molar-refractivity contribution in [3.63, 3.8) is 0 Å². The molecule has 2 N–H and O–H groups in total. The summed E-state index contributed by atoms with van der Waals surface area (Å²) in [6.07, 6.45) is 2.57. The quantitative estimate of drug-likeness (QED) is 0.860. The summed E-state index contributed by atoms with van der Waals surface area (Å²) in [5.74, 6) is -0.382. The van der Waals surface area contributed by atoms with E-state index >= 15 is 0 Å². The van der Waals surface area contributed by atoms with Gasteiger partial charge in [-0.3, -0.25) is 4.90 Å². The fourth-order valence-electron chi connectivity index (χ4n) is 2.64. The molecule has 2 atom stereocenters. The van der Waals surface area contributed by atoms with E-state index in [2.05, 4.69) is 17.1 Å². The average Bonchev–Trinajstić information content (AvgIpc) is 2.89. The van der Waals surface area contributed by atoms with Crippen LogP contribution in [0.15, 0.2) is 18.2 Å². The Balaban J connectivity index is 1.88. The third kappa shape index (κ3) is 3.67. The van der Waals surface area contributed by atoms with Crippen molar-refractivity contribution in [2.24, 2.45) is 0 Å². The molecule has 1 saturated heterocycles. The smallest absolute Gasteiger partial charge is 0.131 e. The normalized spacial score (nSPS) is 19.5. The van der Waals surface area contributed by atoms with Crippen LogP contribution >= 0.6 is 0 Å². The molecule has 1 fully saturated rings. The van der Waals surface area contributed by atoms with Gasteiger partial charge in [-0.25, -0.2) is 4.39 Å². The maximum Gasteiger partial charge on any atom is 0.131 e. The average molecular weight is 266 g/mol. The summed E-state index contributed by atoms with van der Waals surface area (Å²) in [6, 6.07) is 4.76. The summed E-state index contributed by atoms with van der Waals surface area (Å²) in [5.41, 5.74) is 0.603. The minimum atomic E-state index is -0.353. The first-order valence-corrected chi connectivity index (χ1v) is 7.04. The van der Waals surface area contributed by atoms with E-state index in [9.17, 15) is 9.50 Å². The van der Waals surface area contributed by atoms with E-state index < -0.39 is 0 Å². The summed E-state index contributed by atoms with van der Waals surface area (Å²) in [7, 11) is 0. The lowest BCUT2D eigenvalue weighted by atomic mass is 10.1. The van der Waals surface area contributed by atoms with Crippen LogP contribution in [0.1, 0.15) is 38.3 Å². The zero-order valence-electron chi connectivity index (χ0n) is 11.7. The molecule has 4 heteroatoms. The van der Waals surface area contributed by atoms with Gasteiger partial charge in [-0.15, -0.1) is 0 Å². The van der Waals surface area contributed by atoms with Gasteiger partial charge in [0.1, 0.15) is 11.6 Å². The SMILES string of the molecule is CC(NCC(C)N1CCCC1)c1ccc(O)cc1F. The van der Waals surface area contributed by atoms with Gasteiger partial charge >= 0.3 is 0 Å². The van der Waals surface area contributed by atoms with Crippen molar-refractivity contribution in [2.45, 2.75) is 38.8 Å². The molecule has 106 valence electrons. The molecule has 0 aliphatic carbocycles. The number of phenolic OH excluding ortho intramolecular Hbond substituents is 1. The first-order chi connectivity index (χ1) is 9.08. The van der Waals surface area contributed by atoms with E-state index in [1.54, 1.807) is 6.07 Å². The van der Waals surface area contributed by atoms with Crippen LogP contribution in [0.25, 0.3) is 0 Å². The number of benzene rings is 1. The molecule has 0 aromatic heterocycles. The maximum absolute atomic E-state index is 13.7. The molecule has 1 aromatic carbocycles. The third-order valence-corrected chi connectivity index (χ3v) is 3.93. The van der Waals surface area contributed by atoms with Crippen LogP contribution in [0.2, 0.25) is 0 Å². The molecule has 2 unspecified atom stereocenters. The summed E-state index contributed by atoms with van der Waals surface area (Å²) in [4.78, 5) is 2.47. The molecule has 2 rings (SSSR count). The van der Waals surface area contributed by atoms with Gasteiger partial charge in [0.2, 0.25) is 0 Å². The summed E-state index contributed by atoms with van der Waals surface area (Å²) in [5, 5.41) is 12.6. The Morgan fingerprint density at radius 3 is 2.63 bits per heavy atom. The standard InChI is InChI=1S/C15H23FN2O/c1-11(18-7-3-4-8-18)10-17-12(2)14-6-5-13(19)9-15(14)16/h5-6,9,11-12,17,19H,3-4,7-8,10H2,1-2H3. The Morgan fingerprint density at radius 2 is 2.00 bits per heavy atom. The summed E-state index contributed by atoms with van der Waals surface area (Å²) < 4.78 is 13.7. The fourth-order valence-corrected chi connectivity index (χ4v) is 2.64. The Hall–Kier alpha value is -1.13. The number of phenols is 1. The highest BCUT2D eigenvalue weighted by Crippen LogP contribution is 2.21. The molecule has 0 amide bonds. The van der Waals surface area contributed by atoms with Crippen LogP contribution in [0.4, 0.5) is 4.39 Å². The topological polar surface area (TPSA) is 35.5 Å². The second kappa shape index (κ2) is 6.35. The van der Waals surface area contributed by atoms with Crippen molar-refractivity contribution < 1.29 is 9.50 Å². The van der Waals surface area contributed by atoms with E-state index in [1.807, 2.05) is 6.92 Å². The van der Waals surface area contributed by atoms with Crippen LogP contribution < -0.4 is 5.32 Å². The Bertz CT molecular complexity index is 419. The molecule has 0 bridgehead atoms. The van der Waals surface area contributed by atoms with Crippen LogP contribution in [0.3, 0.4) is 0 Å². The first kappa shape index (κ1) is 14.3. The minimum Gasteiger partial charge on any atom is -0.508 e. The third-order valence-electron chi connectivity index (χ3n) is 3.93. The van der Waals surface area contributed by atoms with Crippen LogP contribution in [-0.4, -0.2) is 35.7 Å². The lowest BCUT2D eigenvalue weighted by Crippen LogP contribution is -2.39. The highest BCUT2D eigenvalue weighted by Gasteiger charge is 2.19. The number of aromatic hydroxyl groups is 1. The van der Waals surface area contributed by atoms with E-state index in [4.69, 9.17) is 0 Å². The van der Waals surface area contributed by atoms with Crippen LogP contribution in [-0.2, 0) is 0 Å². The second-order valence-corrected chi connectivity index (χ2v) is 5.43. The molecule has 0 radical (unpaired) electrons. The highest BCUT2D eigenvalue weighted by atomic mass is 19.1. The largest absolute Gasteiger partial charge is 0.508 e. The van der Waals surface area contributed by atoms with Gasteiger partial charge in [-0.05, 0) is 45.8 Å². The fraction of sp³-hybridized carbons (Fsp3) is 0.600. The predicted octanol–water partition coefficient (Wildman–Crippen LogP) is 2.67. The molecule has 1 aliphatic heterocycles. The Labute approximate surface area is 114 Å². The summed E-state index contributed by atoms with van der Waals surface area (Å²) in [6.45, 7) is 7.35. The first-order valence-electron chi connectivity index (χ1n) is 7.04. The molecule has 1 heterocycles. The number of nitrogens with zero attached hydrogens (tertiary/aromatic N) is 1. The van der Waals surface area contributed by atoms with Gasteiger partial charge in [-0.1, -0.05) is 6.07 Å². The Kier molecular flexibility index (Phi) is 4.77. The molecular formula is C15H23FN2O. The number of nitrogens with one attached hydrogen (secondary N) is 1. The number of hydrogen-bond donors (Lipinski definition) is 2. The number of likely N-dealkylation sites (tertiary alicyclic amines) is 1. The predicted molar refractivity (Wildman–Crippen MR) is 74.8 cm³/mol. The van der Waals surface area contributed by atoms with Gasteiger partial charge in [0.25, 0.3) is 0 Å². The van der Waals surface area contributed by atoms with E-state index in [0.29, 0.717) is 11.6 Å². The van der Waals surface area contributed by atoms with E-state index in [0.717, 1.165) is 12.6 Å².